The smallest absolute Gasteiger partial charge is 0.224 e. The van der Waals surface area contributed by atoms with E-state index >= 15 is 0 Å². The Morgan fingerprint density at radius 2 is 2.04 bits per heavy atom. The second-order valence-electron chi connectivity index (χ2n) is 6.98. The van der Waals surface area contributed by atoms with E-state index in [0.717, 1.165) is 24.1 Å². The number of piperidine rings is 1. The summed E-state index contributed by atoms with van der Waals surface area (Å²) in [6.45, 7) is 0.605. The lowest BCUT2D eigenvalue weighted by Gasteiger charge is -2.28. The van der Waals surface area contributed by atoms with Crippen LogP contribution in [0.1, 0.15) is 37.7 Å². The molecule has 6 nitrogen and oxygen atoms in total. The number of hydrogen-bond donors (Lipinski definition) is 2. The molecule has 1 amide bonds. The molecule has 2 atom stereocenters. The molecule has 0 saturated carbocycles. The van der Waals surface area contributed by atoms with Gasteiger partial charge in [-0.05, 0) is 43.2 Å². The van der Waals surface area contributed by atoms with Crippen LogP contribution in [0.25, 0.3) is 0 Å². The van der Waals surface area contributed by atoms with Gasteiger partial charge in [0.25, 0.3) is 0 Å². The Labute approximate surface area is 141 Å². The maximum Gasteiger partial charge on any atom is 0.224 e. The summed E-state index contributed by atoms with van der Waals surface area (Å²) in [5.74, 6) is 0.624. The van der Waals surface area contributed by atoms with Crippen molar-refractivity contribution in [3.63, 3.8) is 0 Å². The molecule has 2 bridgehead atoms. The Hall–Kier alpha value is -2.21. The summed E-state index contributed by atoms with van der Waals surface area (Å²) < 4.78 is 1.76. The first-order valence-corrected chi connectivity index (χ1v) is 8.72. The van der Waals surface area contributed by atoms with Crippen molar-refractivity contribution >= 4 is 11.6 Å². The zero-order chi connectivity index (χ0) is 16.4. The van der Waals surface area contributed by atoms with Gasteiger partial charge in [0.1, 0.15) is 12.7 Å². The Balaban J connectivity index is 1.38. The lowest BCUT2D eigenvalue weighted by molar-refractivity contribution is -0.117. The van der Waals surface area contributed by atoms with E-state index < -0.39 is 0 Å². The summed E-state index contributed by atoms with van der Waals surface area (Å²) in [6.07, 6.45) is 8.62. The van der Waals surface area contributed by atoms with Crippen molar-refractivity contribution in [1.29, 1.82) is 0 Å². The standard InChI is InChI=1S/C18H23N5O/c24-18(9-13-7-15-5-6-16(8-13)21-15)22-17-4-2-1-3-14(17)10-23-12-19-11-20-23/h1-4,11-13,15-16,21H,5-10H2,(H,22,24). The monoisotopic (exact) mass is 325 g/mol. The molecule has 2 unspecified atom stereocenters. The molecule has 2 aliphatic heterocycles. The molecule has 1 aromatic heterocycles. The third-order valence-corrected chi connectivity index (χ3v) is 5.14. The second-order valence-corrected chi connectivity index (χ2v) is 6.98. The van der Waals surface area contributed by atoms with E-state index in [1.54, 1.807) is 11.0 Å². The number of hydrogen-bond acceptors (Lipinski definition) is 4. The van der Waals surface area contributed by atoms with E-state index in [1.807, 2.05) is 24.3 Å². The van der Waals surface area contributed by atoms with Crippen molar-refractivity contribution < 1.29 is 4.79 Å². The van der Waals surface area contributed by atoms with Crippen LogP contribution in [0.5, 0.6) is 0 Å². The molecule has 3 heterocycles. The summed E-state index contributed by atoms with van der Waals surface area (Å²) in [5, 5.41) is 10.9. The van der Waals surface area contributed by atoms with E-state index in [2.05, 4.69) is 20.7 Å². The molecule has 0 radical (unpaired) electrons. The zero-order valence-corrected chi connectivity index (χ0v) is 13.7. The van der Waals surface area contributed by atoms with Gasteiger partial charge in [-0.2, -0.15) is 5.10 Å². The summed E-state index contributed by atoms with van der Waals surface area (Å²) >= 11 is 0. The van der Waals surface area contributed by atoms with E-state index in [-0.39, 0.29) is 5.91 Å². The minimum Gasteiger partial charge on any atom is -0.326 e. The van der Waals surface area contributed by atoms with Crippen molar-refractivity contribution in [2.24, 2.45) is 5.92 Å². The van der Waals surface area contributed by atoms with Gasteiger partial charge in [0.15, 0.2) is 0 Å². The molecule has 2 aromatic rings. The predicted molar refractivity (Wildman–Crippen MR) is 91.5 cm³/mol. The highest BCUT2D eigenvalue weighted by molar-refractivity contribution is 5.91. The van der Waals surface area contributed by atoms with E-state index in [9.17, 15) is 4.79 Å². The summed E-state index contributed by atoms with van der Waals surface area (Å²) in [7, 11) is 0. The first kappa shape index (κ1) is 15.3. The SMILES string of the molecule is O=C(CC1CC2CCC(C1)N2)Nc1ccccc1Cn1cncn1. The Kier molecular flexibility index (Phi) is 4.30. The third-order valence-electron chi connectivity index (χ3n) is 5.14. The van der Waals surface area contributed by atoms with Crippen LogP contribution in [0.3, 0.4) is 0 Å². The van der Waals surface area contributed by atoms with Gasteiger partial charge >= 0.3 is 0 Å². The molecule has 2 saturated heterocycles. The number of amides is 1. The molecule has 6 heteroatoms. The van der Waals surface area contributed by atoms with Gasteiger partial charge in [0, 0.05) is 24.2 Å². The molecule has 1 aromatic carbocycles. The predicted octanol–water partition coefficient (Wildman–Crippen LogP) is 2.19. The van der Waals surface area contributed by atoms with Gasteiger partial charge in [0.05, 0.1) is 6.54 Å². The number of nitrogens with zero attached hydrogens (tertiary/aromatic N) is 3. The first-order chi connectivity index (χ1) is 11.8. The van der Waals surface area contributed by atoms with Crippen LogP contribution in [-0.2, 0) is 11.3 Å². The fraction of sp³-hybridized carbons (Fsp3) is 0.500. The van der Waals surface area contributed by atoms with Crippen LogP contribution >= 0.6 is 0 Å². The molecule has 0 aliphatic carbocycles. The summed E-state index contributed by atoms with van der Waals surface area (Å²) in [6, 6.07) is 9.15. The van der Waals surface area contributed by atoms with Gasteiger partial charge in [-0.3, -0.25) is 4.79 Å². The summed E-state index contributed by atoms with van der Waals surface area (Å²) in [4.78, 5) is 16.5. The normalized spacial score (nSPS) is 25.6. The molecular formula is C18H23N5O. The topological polar surface area (TPSA) is 71.8 Å². The lowest BCUT2D eigenvalue weighted by atomic mass is 9.89. The number of carbonyl (C=O) groups is 1. The Morgan fingerprint density at radius 3 is 2.79 bits per heavy atom. The zero-order valence-electron chi connectivity index (χ0n) is 13.7. The molecule has 2 fully saturated rings. The van der Waals surface area contributed by atoms with Crippen LogP contribution in [0, 0.1) is 5.92 Å². The number of rotatable bonds is 5. The maximum absolute atomic E-state index is 12.5. The molecule has 24 heavy (non-hydrogen) atoms. The number of para-hydroxylation sites is 1. The van der Waals surface area contributed by atoms with E-state index in [1.165, 1.54) is 19.2 Å². The summed E-state index contributed by atoms with van der Waals surface area (Å²) in [5.41, 5.74) is 1.91. The van der Waals surface area contributed by atoms with Crippen molar-refractivity contribution in [3.8, 4) is 0 Å². The quantitative estimate of drug-likeness (QED) is 0.884. The molecule has 2 N–H and O–H groups in total. The maximum atomic E-state index is 12.5. The highest BCUT2D eigenvalue weighted by Crippen LogP contribution is 2.32. The lowest BCUT2D eigenvalue weighted by Crippen LogP contribution is -2.39. The van der Waals surface area contributed by atoms with Crippen LogP contribution < -0.4 is 10.6 Å². The van der Waals surface area contributed by atoms with Crippen LogP contribution in [0.4, 0.5) is 5.69 Å². The fourth-order valence-electron chi connectivity index (χ4n) is 4.07. The minimum atomic E-state index is 0.118. The van der Waals surface area contributed by atoms with Crippen LogP contribution in [-0.4, -0.2) is 32.8 Å². The van der Waals surface area contributed by atoms with Crippen molar-refractivity contribution in [1.82, 2.24) is 20.1 Å². The van der Waals surface area contributed by atoms with Gasteiger partial charge < -0.3 is 10.6 Å². The highest BCUT2D eigenvalue weighted by Gasteiger charge is 2.34. The number of nitrogens with one attached hydrogen (secondary N) is 2. The van der Waals surface area contributed by atoms with Gasteiger partial charge in [-0.25, -0.2) is 9.67 Å². The second kappa shape index (κ2) is 6.73. The van der Waals surface area contributed by atoms with Gasteiger partial charge in [-0.15, -0.1) is 0 Å². The number of aromatic nitrogens is 3. The number of fused-ring (bicyclic) bond motifs is 2. The van der Waals surface area contributed by atoms with Crippen molar-refractivity contribution in [2.45, 2.75) is 50.7 Å². The third kappa shape index (κ3) is 3.48. The first-order valence-electron chi connectivity index (χ1n) is 8.72. The molecule has 0 spiro atoms. The van der Waals surface area contributed by atoms with Gasteiger partial charge in [-0.1, -0.05) is 18.2 Å². The van der Waals surface area contributed by atoms with Crippen molar-refractivity contribution in [2.75, 3.05) is 5.32 Å². The number of anilines is 1. The van der Waals surface area contributed by atoms with E-state index in [4.69, 9.17) is 0 Å². The van der Waals surface area contributed by atoms with E-state index in [0.29, 0.717) is 31.0 Å². The highest BCUT2D eigenvalue weighted by atomic mass is 16.1. The Morgan fingerprint density at radius 1 is 1.25 bits per heavy atom. The molecular weight excluding hydrogens is 302 g/mol. The molecule has 4 rings (SSSR count). The van der Waals surface area contributed by atoms with Crippen LogP contribution in [0.2, 0.25) is 0 Å². The fourth-order valence-corrected chi connectivity index (χ4v) is 4.07. The Bertz CT molecular complexity index is 687. The van der Waals surface area contributed by atoms with Crippen molar-refractivity contribution in [3.05, 3.63) is 42.5 Å². The molecule has 126 valence electrons. The minimum absolute atomic E-state index is 0.118. The van der Waals surface area contributed by atoms with Crippen LogP contribution in [0.15, 0.2) is 36.9 Å². The number of carbonyl (C=O) groups excluding carboxylic acids is 1. The van der Waals surface area contributed by atoms with Gasteiger partial charge in [0.2, 0.25) is 5.91 Å². The average Bonchev–Trinajstić information content (AvgIpc) is 3.19. The number of benzene rings is 1. The molecule has 2 aliphatic rings. The largest absolute Gasteiger partial charge is 0.326 e. The average molecular weight is 325 g/mol.